The summed E-state index contributed by atoms with van der Waals surface area (Å²) in [5.74, 6) is -1.67. The normalized spacial score (nSPS) is 20.3. The van der Waals surface area contributed by atoms with E-state index >= 15 is 0 Å². The van der Waals surface area contributed by atoms with Crippen LogP contribution in [-0.2, 0) is 20.9 Å². The van der Waals surface area contributed by atoms with Gasteiger partial charge in [-0.05, 0) is 25.3 Å². The van der Waals surface area contributed by atoms with E-state index in [1.54, 1.807) is 4.90 Å². The lowest BCUT2D eigenvalue weighted by Crippen LogP contribution is -2.42. The lowest BCUT2D eigenvalue weighted by molar-refractivity contribution is -0.146. The van der Waals surface area contributed by atoms with Gasteiger partial charge in [0.05, 0.1) is 5.92 Å². The van der Waals surface area contributed by atoms with Gasteiger partial charge in [-0.25, -0.2) is 0 Å². The Kier molecular flexibility index (Phi) is 4.55. The summed E-state index contributed by atoms with van der Waals surface area (Å²) >= 11 is 0. The SMILES string of the molecule is Cc1ccc(CN2CC(C(=O)N(CC(=O)O)C3CC3)CC2=O)cc1. The highest BCUT2D eigenvalue weighted by molar-refractivity contribution is 5.91. The van der Waals surface area contributed by atoms with Gasteiger partial charge in [-0.3, -0.25) is 14.4 Å². The van der Waals surface area contributed by atoms with Crippen LogP contribution in [0.25, 0.3) is 0 Å². The van der Waals surface area contributed by atoms with E-state index in [1.165, 1.54) is 4.90 Å². The van der Waals surface area contributed by atoms with Crippen molar-refractivity contribution in [3.8, 4) is 0 Å². The maximum absolute atomic E-state index is 12.6. The molecule has 1 atom stereocenters. The monoisotopic (exact) mass is 330 g/mol. The van der Waals surface area contributed by atoms with Crippen LogP contribution < -0.4 is 0 Å². The number of hydrogen-bond acceptors (Lipinski definition) is 3. The number of aliphatic carboxylic acids is 1. The van der Waals surface area contributed by atoms with Crippen LogP contribution in [0, 0.1) is 12.8 Å². The molecule has 1 aliphatic heterocycles. The Bertz CT molecular complexity index is 651. The van der Waals surface area contributed by atoms with E-state index in [2.05, 4.69) is 0 Å². The van der Waals surface area contributed by atoms with E-state index in [9.17, 15) is 14.4 Å². The number of nitrogens with zero attached hydrogens (tertiary/aromatic N) is 2. The number of carboxylic acid groups (broad SMARTS) is 1. The maximum Gasteiger partial charge on any atom is 0.323 e. The van der Waals surface area contributed by atoms with Crippen LogP contribution >= 0.6 is 0 Å². The van der Waals surface area contributed by atoms with E-state index < -0.39 is 11.9 Å². The Balaban J connectivity index is 1.63. The number of carboxylic acids is 1. The Hall–Kier alpha value is -2.37. The molecule has 1 unspecified atom stereocenters. The van der Waals surface area contributed by atoms with Crippen LogP contribution in [0.5, 0.6) is 0 Å². The Labute approximate surface area is 141 Å². The molecule has 1 saturated carbocycles. The van der Waals surface area contributed by atoms with Crippen LogP contribution in [0.1, 0.15) is 30.4 Å². The standard InChI is InChI=1S/C18H22N2O4/c1-12-2-4-13(5-3-12)9-19-10-14(8-16(19)21)18(24)20(11-17(22)23)15-6-7-15/h2-5,14-15H,6-11H2,1H3,(H,22,23). The molecule has 2 amide bonds. The smallest absolute Gasteiger partial charge is 0.323 e. The van der Waals surface area contributed by atoms with Crippen molar-refractivity contribution >= 4 is 17.8 Å². The summed E-state index contributed by atoms with van der Waals surface area (Å²) in [5, 5.41) is 9.00. The number of rotatable bonds is 6. The highest BCUT2D eigenvalue weighted by atomic mass is 16.4. The third-order valence-corrected chi connectivity index (χ3v) is 4.63. The fourth-order valence-electron chi connectivity index (χ4n) is 3.16. The van der Waals surface area contributed by atoms with Crippen LogP contribution in [0.2, 0.25) is 0 Å². The molecule has 1 aromatic carbocycles. The average Bonchev–Trinajstić information content (AvgIpc) is 3.31. The number of likely N-dealkylation sites (tertiary alicyclic amines) is 1. The Morgan fingerprint density at radius 1 is 1.25 bits per heavy atom. The zero-order valence-electron chi connectivity index (χ0n) is 13.8. The summed E-state index contributed by atoms with van der Waals surface area (Å²) in [4.78, 5) is 39.0. The molecule has 0 bridgehead atoms. The molecule has 0 spiro atoms. The van der Waals surface area contributed by atoms with Gasteiger partial charge in [-0.2, -0.15) is 0 Å². The van der Waals surface area contributed by atoms with Gasteiger partial charge in [-0.1, -0.05) is 29.8 Å². The predicted octanol–water partition coefficient (Wildman–Crippen LogP) is 1.42. The van der Waals surface area contributed by atoms with E-state index in [0.29, 0.717) is 13.1 Å². The zero-order valence-corrected chi connectivity index (χ0v) is 13.8. The summed E-state index contributed by atoms with van der Waals surface area (Å²) in [7, 11) is 0. The van der Waals surface area contributed by atoms with Crippen molar-refractivity contribution in [2.75, 3.05) is 13.1 Å². The first-order valence-electron chi connectivity index (χ1n) is 8.29. The molecule has 3 rings (SSSR count). The summed E-state index contributed by atoms with van der Waals surface area (Å²) in [6.07, 6.45) is 1.88. The van der Waals surface area contributed by atoms with Crippen molar-refractivity contribution in [2.24, 2.45) is 5.92 Å². The number of carbonyl (C=O) groups excluding carboxylic acids is 2. The van der Waals surface area contributed by atoms with Gasteiger partial charge < -0.3 is 14.9 Å². The van der Waals surface area contributed by atoms with Crippen LogP contribution in [0.3, 0.4) is 0 Å². The molecule has 6 nitrogen and oxygen atoms in total. The topological polar surface area (TPSA) is 77.9 Å². The average molecular weight is 330 g/mol. The minimum Gasteiger partial charge on any atom is -0.480 e. The number of benzene rings is 1. The molecule has 1 aliphatic carbocycles. The first kappa shape index (κ1) is 16.5. The molecule has 0 radical (unpaired) electrons. The first-order valence-corrected chi connectivity index (χ1v) is 8.29. The van der Waals surface area contributed by atoms with E-state index in [0.717, 1.165) is 24.0 Å². The van der Waals surface area contributed by atoms with Gasteiger partial charge in [-0.15, -0.1) is 0 Å². The lowest BCUT2D eigenvalue weighted by Gasteiger charge is -2.24. The highest BCUT2D eigenvalue weighted by Crippen LogP contribution is 2.30. The fraction of sp³-hybridized carbons (Fsp3) is 0.500. The molecule has 128 valence electrons. The molecule has 1 saturated heterocycles. The number of amides is 2. The molecule has 2 aliphatic rings. The van der Waals surface area contributed by atoms with Crippen LogP contribution in [0.15, 0.2) is 24.3 Å². The zero-order chi connectivity index (χ0) is 17.3. The summed E-state index contributed by atoms with van der Waals surface area (Å²) < 4.78 is 0. The van der Waals surface area contributed by atoms with Gasteiger partial charge in [0, 0.05) is 25.6 Å². The van der Waals surface area contributed by atoms with Crippen molar-refractivity contribution < 1.29 is 19.5 Å². The number of carbonyl (C=O) groups is 3. The third kappa shape index (κ3) is 3.75. The molecule has 1 heterocycles. The number of aryl methyl sites for hydroxylation is 1. The van der Waals surface area contributed by atoms with Crippen molar-refractivity contribution in [3.05, 3.63) is 35.4 Å². The van der Waals surface area contributed by atoms with Crippen molar-refractivity contribution in [1.29, 1.82) is 0 Å². The largest absolute Gasteiger partial charge is 0.480 e. The maximum atomic E-state index is 12.6. The molecule has 0 aromatic heterocycles. The summed E-state index contributed by atoms with van der Waals surface area (Å²) in [5.41, 5.74) is 2.19. The molecular formula is C18H22N2O4. The predicted molar refractivity (Wildman–Crippen MR) is 87.1 cm³/mol. The molecule has 1 aromatic rings. The molecule has 2 fully saturated rings. The van der Waals surface area contributed by atoms with Gasteiger partial charge >= 0.3 is 5.97 Å². The van der Waals surface area contributed by atoms with Crippen molar-refractivity contribution in [1.82, 2.24) is 9.80 Å². The molecule has 24 heavy (non-hydrogen) atoms. The third-order valence-electron chi connectivity index (χ3n) is 4.63. The lowest BCUT2D eigenvalue weighted by atomic mass is 10.1. The molecule has 6 heteroatoms. The minimum atomic E-state index is -1.00. The van der Waals surface area contributed by atoms with Gasteiger partial charge in [0.25, 0.3) is 0 Å². The summed E-state index contributed by atoms with van der Waals surface area (Å²) in [6.45, 7) is 2.60. The second-order valence-corrected chi connectivity index (χ2v) is 6.75. The fourth-order valence-corrected chi connectivity index (χ4v) is 3.16. The van der Waals surface area contributed by atoms with E-state index in [-0.39, 0.29) is 30.8 Å². The van der Waals surface area contributed by atoms with Gasteiger partial charge in [0.1, 0.15) is 6.54 Å². The van der Waals surface area contributed by atoms with E-state index in [4.69, 9.17) is 5.11 Å². The Morgan fingerprint density at radius 2 is 1.92 bits per heavy atom. The van der Waals surface area contributed by atoms with Gasteiger partial charge in [0.15, 0.2) is 0 Å². The second-order valence-electron chi connectivity index (χ2n) is 6.75. The van der Waals surface area contributed by atoms with Crippen molar-refractivity contribution in [2.45, 2.75) is 38.8 Å². The van der Waals surface area contributed by atoms with Crippen LogP contribution in [-0.4, -0.2) is 51.8 Å². The van der Waals surface area contributed by atoms with E-state index in [1.807, 2.05) is 31.2 Å². The minimum absolute atomic E-state index is 0.0369. The quantitative estimate of drug-likeness (QED) is 0.856. The highest BCUT2D eigenvalue weighted by Gasteiger charge is 2.41. The van der Waals surface area contributed by atoms with Crippen molar-refractivity contribution in [3.63, 3.8) is 0 Å². The second kappa shape index (κ2) is 6.63. The molecular weight excluding hydrogens is 308 g/mol. The van der Waals surface area contributed by atoms with Gasteiger partial charge in [0.2, 0.25) is 11.8 Å². The first-order chi connectivity index (χ1) is 11.4. The number of hydrogen-bond donors (Lipinski definition) is 1. The summed E-state index contributed by atoms with van der Waals surface area (Å²) in [6, 6.07) is 8.01. The van der Waals surface area contributed by atoms with Crippen LogP contribution in [0.4, 0.5) is 0 Å². The molecule has 1 N–H and O–H groups in total. The Morgan fingerprint density at radius 3 is 2.50 bits per heavy atom.